The minimum absolute atomic E-state index is 0.112. The molecule has 0 aliphatic heterocycles. The standard InChI is InChI=1S/C10H12N4O2S/c1-4-7-8(17-6(3)12-7)9-13-14-10(16-9)11-5(2)15/h4H2,1-3H3,(H,11,14,15). The van der Waals surface area contributed by atoms with Crippen molar-refractivity contribution < 1.29 is 9.21 Å². The fraction of sp³-hybridized carbons (Fsp3) is 0.400. The van der Waals surface area contributed by atoms with E-state index in [1.54, 1.807) is 0 Å². The second-order valence-corrected chi connectivity index (χ2v) is 4.66. The summed E-state index contributed by atoms with van der Waals surface area (Å²) >= 11 is 1.50. The van der Waals surface area contributed by atoms with Gasteiger partial charge in [0.1, 0.15) is 4.88 Å². The molecular formula is C10H12N4O2S. The van der Waals surface area contributed by atoms with Crippen LogP contribution in [0.15, 0.2) is 4.42 Å². The maximum atomic E-state index is 10.8. The lowest BCUT2D eigenvalue weighted by Crippen LogP contribution is -2.05. The minimum Gasteiger partial charge on any atom is -0.402 e. The number of carbonyl (C=O) groups is 1. The van der Waals surface area contributed by atoms with Crippen molar-refractivity contribution in [2.75, 3.05) is 5.32 Å². The van der Waals surface area contributed by atoms with E-state index in [0.717, 1.165) is 22.0 Å². The smallest absolute Gasteiger partial charge is 0.322 e. The SMILES string of the molecule is CCc1nc(C)sc1-c1nnc(NC(C)=O)o1. The zero-order valence-corrected chi connectivity index (χ0v) is 10.6. The summed E-state index contributed by atoms with van der Waals surface area (Å²) in [4.78, 5) is 16.1. The van der Waals surface area contributed by atoms with Gasteiger partial charge in [0, 0.05) is 6.92 Å². The molecule has 90 valence electrons. The van der Waals surface area contributed by atoms with Crippen LogP contribution in [0, 0.1) is 6.92 Å². The molecule has 0 spiro atoms. The number of hydrogen-bond acceptors (Lipinski definition) is 6. The molecule has 2 rings (SSSR count). The zero-order chi connectivity index (χ0) is 12.4. The molecule has 0 radical (unpaired) electrons. The molecule has 2 heterocycles. The van der Waals surface area contributed by atoms with E-state index in [1.807, 2.05) is 13.8 Å². The van der Waals surface area contributed by atoms with Crippen LogP contribution in [0.1, 0.15) is 24.5 Å². The molecule has 0 aliphatic carbocycles. The van der Waals surface area contributed by atoms with Crippen molar-refractivity contribution in [1.29, 1.82) is 0 Å². The van der Waals surface area contributed by atoms with Crippen LogP contribution in [0.3, 0.4) is 0 Å². The summed E-state index contributed by atoms with van der Waals surface area (Å²) in [7, 11) is 0. The Morgan fingerprint density at radius 2 is 2.24 bits per heavy atom. The normalized spacial score (nSPS) is 10.5. The highest BCUT2D eigenvalue weighted by Gasteiger charge is 2.16. The molecule has 2 aromatic heterocycles. The number of nitrogens with zero attached hydrogens (tertiary/aromatic N) is 3. The predicted molar refractivity (Wildman–Crippen MR) is 63.8 cm³/mol. The number of anilines is 1. The van der Waals surface area contributed by atoms with E-state index in [-0.39, 0.29) is 11.9 Å². The number of thiazole rings is 1. The highest BCUT2D eigenvalue weighted by Crippen LogP contribution is 2.30. The number of aromatic nitrogens is 3. The Kier molecular flexibility index (Phi) is 3.19. The molecular weight excluding hydrogens is 240 g/mol. The molecule has 0 fully saturated rings. The number of aryl methyl sites for hydroxylation is 2. The fourth-order valence-corrected chi connectivity index (χ4v) is 2.32. The van der Waals surface area contributed by atoms with Gasteiger partial charge in [-0.25, -0.2) is 4.98 Å². The molecule has 0 unspecified atom stereocenters. The van der Waals surface area contributed by atoms with E-state index >= 15 is 0 Å². The summed E-state index contributed by atoms with van der Waals surface area (Å²) in [5, 5.41) is 11.0. The van der Waals surface area contributed by atoms with Crippen LogP contribution in [0.25, 0.3) is 10.8 Å². The lowest BCUT2D eigenvalue weighted by molar-refractivity contribution is -0.114. The summed E-state index contributed by atoms with van der Waals surface area (Å²) in [5.74, 6) is 0.160. The molecule has 6 nitrogen and oxygen atoms in total. The Balaban J connectivity index is 2.32. The van der Waals surface area contributed by atoms with E-state index in [0.29, 0.717) is 5.89 Å². The fourth-order valence-electron chi connectivity index (χ4n) is 1.39. The number of carbonyl (C=O) groups excluding carboxylic acids is 1. The van der Waals surface area contributed by atoms with Gasteiger partial charge in [-0.15, -0.1) is 16.4 Å². The second kappa shape index (κ2) is 4.62. The van der Waals surface area contributed by atoms with Crippen LogP contribution >= 0.6 is 11.3 Å². The lowest BCUT2D eigenvalue weighted by atomic mass is 10.3. The quantitative estimate of drug-likeness (QED) is 0.903. The first-order valence-corrected chi connectivity index (χ1v) is 5.99. The van der Waals surface area contributed by atoms with E-state index in [2.05, 4.69) is 20.5 Å². The second-order valence-electron chi connectivity index (χ2n) is 3.46. The van der Waals surface area contributed by atoms with E-state index in [1.165, 1.54) is 18.3 Å². The Bertz CT molecular complexity index is 546. The molecule has 0 atom stereocenters. The Labute approximate surface area is 102 Å². The first-order valence-electron chi connectivity index (χ1n) is 5.18. The average Bonchev–Trinajstić information content (AvgIpc) is 2.83. The summed E-state index contributed by atoms with van der Waals surface area (Å²) in [6, 6.07) is 0.112. The molecule has 7 heteroatoms. The zero-order valence-electron chi connectivity index (χ0n) is 9.77. The van der Waals surface area contributed by atoms with Gasteiger partial charge in [0.25, 0.3) is 5.89 Å². The van der Waals surface area contributed by atoms with Crippen molar-refractivity contribution >= 4 is 23.3 Å². The molecule has 1 N–H and O–H groups in total. The highest BCUT2D eigenvalue weighted by atomic mass is 32.1. The maximum Gasteiger partial charge on any atom is 0.322 e. The average molecular weight is 252 g/mol. The molecule has 1 amide bonds. The summed E-state index contributed by atoms with van der Waals surface area (Å²) in [5.41, 5.74) is 0.936. The third-order valence-electron chi connectivity index (χ3n) is 2.04. The third-order valence-corrected chi connectivity index (χ3v) is 3.04. The van der Waals surface area contributed by atoms with Gasteiger partial charge in [-0.3, -0.25) is 10.1 Å². The summed E-state index contributed by atoms with van der Waals surface area (Å²) in [6.07, 6.45) is 0.803. The summed E-state index contributed by atoms with van der Waals surface area (Å²) < 4.78 is 5.35. The van der Waals surface area contributed by atoms with Gasteiger partial charge in [-0.05, 0) is 13.3 Å². The molecule has 2 aromatic rings. The first kappa shape index (κ1) is 11.7. The maximum absolute atomic E-state index is 10.8. The Morgan fingerprint density at radius 3 is 2.88 bits per heavy atom. The van der Waals surface area contributed by atoms with Crippen molar-refractivity contribution in [3.05, 3.63) is 10.7 Å². The monoisotopic (exact) mass is 252 g/mol. The van der Waals surface area contributed by atoms with E-state index < -0.39 is 0 Å². The number of hydrogen-bond donors (Lipinski definition) is 1. The van der Waals surface area contributed by atoms with Gasteiger partial charge >= 0.3 is 6.01 Å². The molecule has 0 aliphatic rings. The van der Waals surface area contributed by atoms with Crippen LogP contribution in [0.5, 0.6) is 0 Å². The first-order chi connectivity index (χ1) is 8.10. The van der Waals surface area contributed by atoms with E-state index in [9.17, 15) is 4.79 Å². The number of nitrogens with one attached hydrogen (secondary N) is 1. The van der Waals surface area contributed by atoms with Crippen LogP contribution in [-0.4, -0.2) is 21.1 Å². The lowest BCUT2D eigenvalue weighted by Gasteiger charge is -1.93. The van der Waals surface area contributed by atoms with Crippen molar-refractivity contribution in [2.45, 2.75) is 27.2 Å². The topological polar surface area (TPSA) is 80.9 Å². The molecule has 17 heavy (non-hydrogen) atoms. The van der Waals surface area contributed by atoms with E-state index in [4.69, 9.17) is 4.42 Å². The number of rotatable bonds is 3. The third kappa shape index (κ3) is 2.50. The van der Waals surface area contributed by atoms with Gasteiger partial charge in [-0.2, -0.15) is 0 Å². The molecule has 0 aromatic carbocycles. The van der Waals surface area contributed by atoms with Gasteiger partial charge in [0.2, 0.25) is 5.91 Å². The Morgan fingerprint density at radius 1 is 1.47 bits per heavy atom. The van der Waals surface area contributed by atoms with Gasteiger partial charge < -0.3 is 4.42 Å². The number of amides is 1. The van der Waals surface area contributed by atoms with Gasteiger partial charge in [0.15, 0.2) is 0 Å². The summed E-state index contributed by atoms with van der Waals surface area (Å²) in [6.45, 7) is 5.33. The predicted octanol–water partition coefficient (Wildman–Crippen LogP) is 2.02. The largest absolute Gasteiger partial charge is 0.402 e. The van der Waals surface area contributed by atoms with Crippen LogP contribution in [0.4, 0.5) is 6.01 Å². The molecule has 0 saturated heterocycles. The van der Waals surface area contributed by atoms with Gasteiger partial charge in [-0.1, -0.05) is 12.0 Å². The van der Waals surface area contributed by atoms with Gasteiger partial charge in [0.05, 0.1) is 10.7 Å². The van der Waals surface area contributed by atoms with Crippen molar-refractivity contribution in [2.24, 2.45) is 0 Å². The molecule has 0 saturated carbocycles. The minimum atomic E-state index is -0.239. The highest BCUT2D eigenvalue weighted by molar-refractivity contribution is 7.15. The Hall–Kier alpha value is -1.76. The van der Waals surface area contributed by atoms with Crippen molar-refractivity contribution in [1.82, 2.24) is 15.2 Å². The van der Waals surface area contributed by atoms with Crippen LogP contribution < -0.4 is 5.32 Å². The van der Waals surface area contributed by atoms with Crippen molar-refractivity contribution in [3.63, 3.8) is 0 Å². The molecule has 0 bridgehead atoms. The van der Waals surface area contributed by atoms with Crippen LogP contribution in [0.2, 0.25) is 0 Å². The van der Waals surface area contributed by atoms with Crippen molar-refractivity contribution in [3.8, 4) is 10.8 Å². The van der Waals surface area contributed by atoms with Crippen LogP contribution in [-0.2, 0) is 11.2 Å².